The van der Waals surface area contributed by atoms with Crippen LogP contribution in [0.25, 0.3) is 10.9 Å². The smallest absolute Gasteiger partial charge is 0.252 e. The Balaban J connectivity index is 1.91. The predicted octanol–water partition coefficient (Wildman–Crippen LogP) is 2.91. The number of rotatable bonds is 2. The monoisotopic (exact) mass is 299 g/mol. The molecule has 0 spiro atoms. The molecule has 5 heteroatoms. The molecular weight excluding hydrogens is 282 g/mol. The summed E-state index contributed by atoms with van der Waals surface area (Å²) in [5.74, 6) is 1.42. The molecule has 0 aliphatic carbocycles. The average Bonchev–Trinajstić information content (AvgIpc) is 3.05. The van der Waals surface area contributed by atoms with E-state index >= 15 is 0 Å². The highest BCUT2D eigenvalue weighted by molar-refractivity contribution is 7.99. The summed E-state index contributed by atoms with van der Waals surface area (Å²) >= 11 is 1.71. The number of aryl methyl sites for hydroxylation is 2. The van der Waals surface area contributed by atoms with Crippen molar-refractivity contribution in [2.75, 3.05) is 11.5 Å². The number of hydrogen-bond acceptors (Lipinski definition) is 3. The zero-order valence-electron chi connectivity index (χ0n) is 12.1. The van der Waals surface area contributed by atoms with Crippen LogP contribution in [0, 0.1) is 25.2 Å². The van der Waals surface area contributed by atoms with Gasteiger partial charge in [0, 0.05) is 27.9 Å². The molecular formula is C16H17N3OS. The van der Waals surface area contributed by atoms with Crippen molar-refractivity contribution in [3.63, 3.8) is 0 Å². The van der Waals surface area contributed by atoms with Crippen molar-refractivity contribution < 1.29 is 4.79 Å². The molecule has 21 heavy (non-hydrogen) atoms. The molecule has 1 atom stereocenters. The zero-order chi connectivity index (χ0) is 15.0. The second-order valence-electron chi connectivity index (χ2n) is 5.59. The second-order valence-corrected chi connectivity index (χ2v) is 6.69. The minimum Gasteiger partial charge on any atom is -0.358 e. The SMILES string of the molecule is Cc1[nH]c2ccc(C(=O)NC3(C#N)CCSC3)cc2c1C. The van der Waals surface area contributed by atoms with Crippen LogP contribution >= 0.6 is 11.8 Å². The van der Waals surface area contributed by atoms with Gasteiger partial charge in [0.1, 0.15) is 5.54 Å². The fraction of sp³-hybridized carbons (Fsp3) is 0.375. The second kappa shape index (κ2) is 5.12. The number of fused-ring (bicyclic) bond motifs is 1. The zero-order valence-corrected chi connectivity index (χ0v) is 12.9. The van der Waals surface area contributed by atoms with Gasteiger partial charge in [-0.15, -0.1) is 0 Å². The summed E-state index contributed by atoms with van der Waals surface area (Å²) in [7, 11) is 0. The number of aromatic amines is 1. The highest BCUT2D eigenvalue weighted by Gasteiger charge is 2.36. The Labute approximate surface area is 127 Å². The van der Waals surface area contributed by atoms with Gasteiger partial charge in [-0.1, -0.05) is 0 Å². The summed E-state index contributed by atoms with van der Waals surface area (Å²) in [5, 5.41) is 13.3. The number of nitrogens with one attached hydrogen (secondary N) is 2. The maximum Gasteiger partial charge on any atom is 0.252 e. The first kappa shape index (κ1) is 14.0. The molecule has 2 aromatic rings. The van der Waals surface area contributed by atoms with E-state index in [1.54, 1.807) is 17.8 Å². The number of hydrogen-bond donors (Lipinski definition) is 2. The first-order valence-corrected chi connectivity index (χ1v) is 8.10. The Morgan fingerprint density at radius 2 is 2.29 bits per heavy atom. The number of H-pyrrole nitrogens is 1. The fourth-order valence-electron chi connectivity index (χ4n) is 2.67. The van der Waals surface area contributed by atoms with E-state index in [1.807, 2.05) is 26.0 Å². The van der Waals surface area contributed by atoms with Crippen LogP contribution in [0.3, 0.4) is 0 Å². The normalized spacial score (nSPS) is 21.4. The molecule has 1 amide bonds. The number of carbonyl (C=O) groups excluding carboxylic acids is 1. The van der Waals surface area contributed by atoms with Gasteiger partial charge in [-0.3, -0.25) is 4.79 Å². The van der Waals surface area contributed by atoms with Crippen LogP contribution < -0.4 is 5.32 Å². The molecule has 1 aliphatic heterocycles. The molecule has 0 saturated carbocycles. The third-order valence-electron chi connectivity index (χ3n) is 4.16. The van der Waals surface area contributed by atoms with Crippen LogP contribution in [-0.2, 0) is 0 Å². The molecule has 108 valence electrons. The van der Waals surface area contributed by atoms with Crippen molar-refractivity contribution in [3.05, 3.63) is 35.0 Å². The molecule has 4 nitrogen and oxygen atoms in total. The molecule has 1 aromatic heterocycles. The molecule has 1 fully saturated rings. The van der Waals surface area contributed by atoms with Gasteiger partial charge in [-0.2, -0.15) is 17.0 Å². The summed E-state index contributed by atoms with van der Waals surface area (Å²) in [6.45, 7) is 4.07. The maximum atomic E-state index is 12.4. The molecule has 0 radical (unpaired) electrons. The predicted molar refractivity (Wildman–Crippen MR) is 85.5 cm³/mol. The minimum atomic E-state index is -0.709. The van der Waals surface area contributed by atoms with Gasteiger partial charge in [-0.05, 0) is 49.8 Å². The van der Waals surface area contributed by atoms with E-state index in [0.29, 0.717) is 17.7 Å². The van der Waals surface area contributed by atoms with Gasteiger partial charge >= 0.3 is 0 Å². The lowest BCUT2D eigenvalue weighted by Gasteiger charge is -2.21. The number of thioether (sulfide) groups is 1. The van der Waals surface area contributed by atoms with E-state index in [1.165, 1.54) is 0 Å². The molecule has 3 rings (SSSR count). The van der Waals surface area contributed by atoms with Gasteiger partial charge in [0.25, 0.3) is 5.91 Å². The number of carbonyl (C=O) groups is 1. The quantitative estimate of drug-likeness (QED) is 0.896. The van der Waals surface area contributed by atoms with Crippen LogP contribution in [0.1, 0.15) is 28.0 Å². The maximum absolute atomic E-state index is 12.4. The Morgan fingerprint density at radius 1 is 1.48 bits per heavy atom. The highest BCUT2D eigenvalue weighted by Crippen LogP contribution is 2.28. The van der Waals surface area contributed by atoms with Crippen LogP contribution in [0.2, 0.25) is 0 Å². The van der Waals surface area contributed by atoms with Gasteiger partial charge < -0.3 is 10.3 Å². The van der Waals surface area contributed by atoms with E-state index in [0.717, 1.165) is 27.9 Å². The van der Waals surface area contributed by atoms with Crippen LogP contribution in [0.5, 0.6) is 0 Å². The molecule has 1 aromatic carbocycles. The first-order chi connectivity index (χ1) is 10.0. The third kappa shape index (κ3) is 2.40. The Morgan fingerprint density at radius 3 is 2.95 bits per heavy atom. The standard InChI is InChI=1S/C16H17N3OS/c1-10-11(2)18-14-4-3-12(7-13(10)14)15(20)19-16(8-17)5-6-21-9-16/h3-4,7,18H,5-6,9H2,1-2H3,(H,19,20). The van der Waals surface area contributed by atoms with Gasteiger partial charge in [0.05, 0.1) is 6.07 Å². The molecule has 1 saturated heterocycles. The number of amides is 1. The average molecular weight is 299 g/mol. The van der Waals surface area contributed by atoms with Crippen molar-refractivity contribution >= 4 is 28.6 Å². The van der Waals surface area contributed by atoms with Crippen LogP contribution in [-0.4, -0.2) is 27.9 Å². The molecule has 1 aliphatic rings. The summed E-state index contributed by atoms with van der Waals surface area (Å²) in [6.07, 6.45) is 0.713. The summed E-state index contributed by atoms with van der Waals surface area (Å²) in [6, 6.07) is 7.90. The third-order valence-corrected chi connectivity index (χ3v) is 5.35. The van der Waals surface area contributed by atoms with Crippen molar-refractivity contribution in [1.29, 1.82) is 5.26 Å². The minimum absolute atomic E-state index is 0.167. The van der Waals surface area contributed by atoms with E-state index < -0.39 is 5.54 Å². The molecule has 2 heterocycles. The van der Waals surface area contributed by atoms with E-state index in [4.69, 9.17) is 0 Å². The lowest BCUT2D eigenvalue weighted by atomic mass is 10.00. The summed E-state index contributed by atoms with van der Waals surface area (Å²) in [5.41, 5.74) is 3.21. The van der Waals surface area contributed by atoms with Gasteiger partial charge in [0.2, 0.25) is 0 Å². The van der Waals surface area contributed by atoms with Gasteiger partial charge in [-0.25, -0.2) is 0 Å². The van der Waals surface area contributed by atoms with Gasteiger partial charge in [0.15, 0.2) is 0 Å². The number of nitriles is 1. The van der Waals surface area contributed by atoms with E-state index in [2.05, 4.69) is 16.4 Å². The number of benzene rings is 1. The molecule has 1 unspecified atom stereocenters. The largest absolute Gasteiger partial charge is 0.358 e. The van der Waals surface area contributed by atoms with Crippen molar-refractivity contribution in [1.82, 2.24) is 10.3 Å². The lowest BCUT2D eigenvalue weighted by Crippen LogP contribution is -2.47. The Kier molecular flexibility index (Phi) is 3.42. The lowest BCUT2D eigenvalue weighted by molar-refractivity contribution is 0.0926. The van der Waals surface area contributed by atoms with Crippen LogP contribution in [0.15, 0.2) is 18.2 Å². The highest BCUT2D eigenvalue weighted by atomic mass is 32.2. The van der Waals surface area contributed by atoms with E-state index in [9.17, 15) is 10.1 Å². The van der Waals surface area contributed by atoms with Crippen molar-refractivity contribution in [2.24, 2.45) is 0 Å². The Hall–Kier alpha value is -1.93. The summed E-state index contributed by atoms with van der Waals surface area (Å²) < 4.78 is 0. The topological polar surface area (TPSA) is 68.7 Å². The number of nitrogens with zero attached hydrogens (tertiary/aromatic N) is 1. The fourth-order valence-corrected chi connectivity index (χ4v) is 3.94. The van der Waals surface area contributed by atoms with Crippen molar-refractivity contribution in [2.45, 2.75) is 25.8 Å². The van der Waals surface area contributed by atoms with Crippen LogP contribution in [0.4, 0.5) is 0 Å². The Bertz CT molecular complexity index is 751. The summed E-state index contributed by atoms with van der Waals surface area (Å²) in [4.78, 5) is 15.7. The molecule has 0 bridgehead atoms. The number of aromatic nitrogens is 1. The van der Waals surface area contributed by atoms with E-state index in [-0.39, 0.29) is 5.91 Å². The molecule has 2 N–H and O–H groups in total. The van der Waals surface area contributed by atoms with Crippen molar-refractivity contribution in [3.8, 4) is 6.07 Å². The first-order valence-electron chi connectivity index (χ1n) is 6.95.